The number of amides is 1. The summed E-state index contributed by atoms with van der Waals surface area (Å²) in [5, 5.41) is 0. The van der Waals surface area contributed by atoms with Gasteiger partial charge >= 0.3 is 0 Å². The maximum absolute atomic E-state index is 12.8. The predicted octanol–water partition coefficient (Wildman–Crippen LogP) is 2.78. The standard InChI is InChI=1S/C19H21N3O2/c1-13-9-21-16(10-20-13)19(23)22-11-17(14-5-3-2-4-6-14)24-18(12-22)15-7-8-15/h2-6,9-10,15,17-18H,7-8,11-12H2,1H3/t17-,18+/m0/s1. The second-order valence-electron chi connectivity index (χ2n) is 6.66. The van der Waals surface area contributed by atoms with Gasteiger partial charge in [-0.15, -0.1) is 0 Å². The monoisotopic (exact) mass is 323 g/mol. The van der Waals surface area contributed by atoms with Crippen LogP contribution in [0.15, 0.2) is 42.7 Å². The topological polar surface area (TPSA) is 55.3 Å². The summed E-state index contributed by atoms with van der Waals surface area (Å²) in [5.74, 6) is 0.522. The van der Waals surface area contributed by atoms with Gasteiger partial charge in [-0.3, -0.25) is 9.78 Å². The molecule has 24 heavy (non-hydrogen) atoms. The van der Waals surface area contributed by atoms with Gasteiger partial charge in [-0.2, -0.15) is 0 Å². The second kappa shape index (κ2) is 6.32. The largest absolute Gasteiger partial charge is 0.366 e. The molecule has 0 bridgehead atoms. The smallest absolute Gasteiger partial charge is 0.274 e. The Morgan fingerprint density at radius 2 is 1.92 bits per heavy atom. The molecular weight excluding hydrogens is 302 g/mol. The van der Waals surface area contributed by atoms with Crippen LogP contribution in [0.1, 0.15) is 40.7 Å². The molecule has 2 aromatic rings. The Morgan fingerprint density at radius 1 is 1.12 bits per heavy atom. The molecule has 1 aromatic carbocycles. The number of carbonyl (C=O) groups is 1. The second-order valence-corrected chi connectivity index (χ2v) is 6.66. The number of nitrogens with zero attached hydrogens (tertiary/aromatic N) is 3. The number of ether oxygens (including phenoxy) is 1. The Bertz CT molecular complexity index is 713. The summed E-state index contributed by atoms with van der Waals surface area (Å²) < 4.78 is 6.30. The molecule has 0 spiro atoms. The van der Waals surface area contributed by atoms with Gasteiger partial charge in [-0.25, -0.2) is 4.98 Å². The SMILES string of the molecule is Cc1cnc(C(=O)N2C[C@@H](c3ccccc3)O[C@@H](C3CC3)C2)cn1. The highest BCUT2D eigenvalue weighted by molar-refractivity contribution is 5.92. The molecule has 2 atom stereocenters. The normalized spacial score (nSPS) is 24.0. The third-order valence-corrected chi connectivity index (χ3v) is 4.73. The number of carbonyl (C=O) groups excluding carboxylic acids is 1. The lowest BCUT2D eigenvalue weighted by atomic mass is 10.0. The number of hydrogen-bond donors (Lipinski definition) is 0. The summed E-state index contributed by atoms with van der Waals surface area (Å²) in [5.41, 5.74) is 2.34. The summed E-state index contributed by atoms with van der Waals surface area (Å²) in [7, 11) is 0. The highest BCUT2D eigenvalue weighted by Crippen LogP contribution is 2.39. The summed E-state index contributed by atoms with van der Waals surface area (Å²) in [6, 6.07) is 10.1. The van der Waals surface area contributed by atoms with E-state index < -0.39 is 0 Å². The van der Waals surface area contributed by atoms with Crippen LogP contribution in [0.4, 0.5) is 0 Å². The molecule has 1 aromatic heterocycles. The molecule has 1 aliphatic heterocycles. The van der Waals surface area contributed by atoms with E-state index in [0.29, 0.717) is 24.7 Å². The third-order valence-electron chi connectivity index (χ3n) is 4.73. The fourth-order valence-corrected chi connectivity index (χ4v) is 3.20. The van der Waals surface area contributed by atoms with E-state index in [1.54, 1.807) is 12.4 Å². The van der Waals surface area contributed by atoms with Crippen LogP contribution in [-0.4, -0.2) is 40.0 Å². The fourth-order valence-electron chi connectivity index (χ4n) is 3.20. The van der Waals surface area contributed by atoms with Crippen molar-refractivity contribution >= 4 is 5.91 Å². The highest BCUT2D eigenvalue weighted by Gasteiger charge is 2.40. The van der Waals surface area contributed by atoms with Gasteiger partial charge < -0.3 is 9.64 Å². The molecule has 2 fully saturated rings. The molecule has 1 amide bonds. The Morgan fingerprint density at radius 3 is 2.58 bits per heavy atom. The number of benzene rings is 1. The molecule has 0 unspecified atom stereocenters. The van der Waals surface area contributed by atoms with E-state index in [1.807, 2.05) is 30.0 Å². The van der Waals surface area contributed by atoms with Crippen LogP contribution < -0.4 is 0 Å². The number of rotatable bonds is 3. The first-order valence-corrected chi connectivity index (χ1v) is 8.49. The fraction of sp³-hybridized carbons (Fsp3) is 0.421. The lowest BCUT2D eigenvalue weighted by Crippen LogP contribution is -2.48. The highest BCUT2D eigenvalue weighted by atomic mass is 16.5. The van der Waals surface area contributed by atoms with Crippen molar-refractivity contribution in [3.63, 3.8) is 0 Å². The first kappa shape index (κ1) is 15.3. The van der Waals surface area contributed by atoms with Crippen molar-refractivity contribution < 1.29 is 9.53 Å². The van der Waals surface area contributed by atoms with E-state index in [0.717, 1.165) is 11.3 Å². The van der Waals surface area contributed by atoms with Crippen LogP contribution in [0.5, 0.6) is 0 Å². The summed E-state index contributed by atoms with van der Waals surface area (Å²) in [6.45, 7) is 3.06. The maximum atomic E-state index is 12.8. The molecular formula is C19H21N3O2. The van der Waals surface area contributed by atoms with Crippen LogP contribution in [0.3, 0.4) is 0 Å². The van der Waals surface area contributed by atoms with E-state index >= 15 is 0 Å². The Balaban J connectivity index is 1.57. The molecule has 1 saturated heterocycles. The van der Waals surface area contributed by atoms with Crippen molar-refractivity contribution in [2.24, 2.45) is 5.92 Å². The van der Waals surface area contributed by atoms with Gasteiger partial charge in [-0.1, -0.05) is 30.3 Å². The minimum absolute atomic E-state index is 0.0580. The molecule has 124 valence electrons. The Kier molecular flexibility index (Phi) is 4.02. The molecule has 1 aliphatic carbocycles. The summed E-state index contributed by atoms with van der Waals surface area (Å²) in [6.07, 6.45) is 5.63. The van der Waals surface area contributed by atoms with Gasteiger partial charge in [0.25, 0.3) is 5.91 Å². The van der Waals surface area contributed by atoms with Gasteiger partial charge in [0.2, 0.25) is 0 Å². The van der Waals surface area contributed by atoms with Crippen molar-refractivity contribution in [1.29, 1.82) is 0 Å². The molecule has 4 rings (SSSR count). The van der Waals surface area contributed by atoms with E-state index in [9.17, 15) is 4.79 Å². The average Bonchev–Trinajstić information content (AvgIpc) is 3.47. The van der Waals surface area contributed by atoms with Crippen molar-refractivity contribution in [1.82, 2.24) is 14.9 Å². The number of morpholine rings is 1. The van der Waals surface area contributed by atoms with E-state index in [-0.39, 0.29) is 18.1 Å². The van der Waals surface area contributed by atoms with Crippen LogP contribution in [-0.2, 0) is 4.74 Å². The zero-order valence-electron chi connectivity index (χ0n) is 13.8. The van der Waals surface area contributed by atoms with Gasteiger partial charge in [0, 0.05) is 12.7 Å². The maximum Gasteiger partial charge on any atom is 0.274 e. The minimum atomic E-state index is -0.0760. The van der Waals surface area contributed by atoms with Crippen molar-refractivity contribution in [2.75, 3.05) is 13.1 Å². The van der Waals surface area contributed by atoms with Crippen LogP contribution in [0.25, 0.3) is 0 Å². The van der Waals surface area contributed by atoms with Crippen molar-refractivity contribution in [2.45, 2.75) is 32.0 Å². The first-order chi connectivity index (χ1) is 11.7. The van der Waals surface area contributed by atoms with Gasteiger partial charge in [0.05, 0.1) is 24.5 Å². The minimum Gasteiger partial charge on any atom is -0.366 e. The average molecular weight is 323 g/mol. The lowest BCUT2D eigenvalue weighted by Gasteiger charge is -2.38. The van der Waals surface area contributed by atoms with Gasteiger partial charge in [-0.05, 0) is 31.2 Å². The Labute approximate surface area is 141 Å². The van der Waals surface area contributed by atoms with E-state index in [4.69, 9.17) is 4.74 Å². The molecule has 0 radical (unpaired) electrons. The molecule has 5 nitrogen and oxygen atoms in total. The lowest BCUT2D eigenvalue weighted by molar-refractivity contribution is -0.0865. The van der Waals surface area contributed by atoms with Gasteiger partial charge in [0.1, 0.15) is 11.8 Å². The summed E-state index contributed by atoms with van der Waals surface area (Å²) in [4.78, 5) is 23.2. The first-order valence-electron chi connectivity index (χ1n) is 8.49. The van der Waals surface area contributed by atoms with Crippen LogP contribution in [0, 0.1) is 12.8 Å². The van der Waals surface area contributed by atoms with Crippen molar-refractivity contribution in [3.8, 4) is 0 Å². The molecule has 2 heterocycles. The summed E-state index contributed by atoms with van der Waals surface area (Å²) >= 11 is 0. The van der Waals surface area contributed by atoms with Crippen LogP contribution in [0.2, 0.25) is 0 Å². The van der Waals surface area contributed by atoms with Crippen molar-refractivity contribution in [3.05, 3.63) is 59.7 Å². The molecule has 0 N–H and O–H groups in total. The molecule has 1 saturated carbocycles. The van der Waals surface area contributed by atoms with Gasteiger partial charge in [0.15, 0.2) is 0 Å². The number of hydrogen-bond acceptors (Lipinski definition) is 4. The third kappa shape index (κ3) is 3.17. The Hall–Kier alpha value is -2.27. The molecule has 2 aliphatic rings. The zero-order valence-corrected chi connectivity index (χ0v) is 13.8. The predicted molar refractivity (Wildman–Crippen MR) is 89.5 cm³/mol. The molecule has 5 heteroatoms. The number of aromatic nitrogens is 2. The quantitative estimate of drug-likeness (QED) is 0.871. The van der Waals surface area contributed by atoms with E-state index in [2.05, 4.69) is 22.1 Å². The van der Waals surface area contributed by atoms with Crippen LogP contribution >= 0.6 is 0 Å². The van der Waals surface area contributed by atoms with E-state index in [1.165, 1.54) is 12.8 Å². The zero-order chi connectivity index (χ0) is 16.5. The number of aryl methyl sites for hydroxylation is 1.